The number of aldehydes is 2. The first kappa shape index (κ1) is 19.8. The summed E-state index contributed by atoms with van der Waals surface area (Å²) in [5.41, 5.74) is 4.37. The number of benzene rings is 3. The first-order valence-corrected chi connectivity index (χ1v) is 8.24. The summed E-state index contributed by atoms with van der Waals surface area (Å²) in [5.74, 6) is -1.21. The van der Waals surface area contributed by atoms with Crippen molar-refractivity contribution in [2.75, 3.05) is 11.9 Å². The molecule has 5 heteroatoms. The number of hydrogen-bond acceptors (Lipinski definition) is 4. The lowest BCUT2D eigenvalue weighted by atomic mass is 10.2. The molecule has 0 radical (unpaired) electrons. The van der Waals surface area contributed by atoms with E-state index in [2.05, 4.69) is 36.1 Å². The van der Waals surface area contributed by atoms with Gasteiger partial charge in [-0.2, -0.15) is 0 Å². The van der Waals surface area contributed by atoms with Gasteiger partial charge in [-0.05, 0) is 61.5 Å². The second-order valence-electron chi connectivity index (χ2n) is 5.93. The summed E-state index contributed by atoms with van der Waals surface area (Å²) >= 11 is 0. The van der Waals surface area contributed by atoms with E-state index in [0.29, 0.717) is 11.8 Å². The van der Waals surface area contributed by atoms with E-state index in [4.69, 9.17) is 5.11 Å². The van der Waals surface area contributed by atoms with Crippen molar-refractivity contribution in [3.05, 3.63) is 89.2 Å². The summed E-state index contributed by atoms with van der Waals surface area (Å²) in [4.78, 5) is 22.7. The minimum absolute atomic E-state index is 0.218. The smallest absolute Gasteiger partial charge is 0.165 e. The van der Waals surface area contributed by atoms with Crippen molar-refractivity contribution in [2.24, 2.45) is 0 Å². The quantitative estimate of drug-likeness (QED) is 0.667. The zero-order valence-electron chi connectivity index (χ0n) is 15.1. The van der Waals surface area contributed by atoms with Crippen LogP contribution in [0.4, 0.5) is 15.8 Å². The average molecular weight is 365 g/mol. The Morgan fingerprint density at radius 2 is 1.30 bits per heavy atom. The number of aromatic hydroxyl groups is 1. The van der Waals surface area contributed by atoms with Crippen molar-refractivity contribution in [1.82, 2.24) is 0 Å². The lowest BCUT2D eigenvalue weighted by molar-refractivity contribution is 0.111. The van der Waals surface area contributed by atoms with Crippen LogP contribution in [0.2, 0.25) is 0 Å². The minimum atomic E-state index is -0.774. The fraction of sp³-hybridized carbons (Fsp3) is 0.0909. The summed E-state index contributed by atoms with van der Waals surface area (Å²) in [7, 11) is 2.01. The molecule has 0 heterocycles. The Labute approximate surface area is 157 Å². The summed E-state index contributed by atoms with van der Waals surface area (Å²) in [6, 6.07) is 19.4. The Hall–Kier alpha value is -3.47. The molecule has 0 aliphatic heterocycles. The molecule has 0 fully saturated rings. The van der Waals surface area contributed by atoms with Crippen molar-refractivity contribution in [2.45, 2.75) is 6.92 Å². The van der Waals surface area contributed by atoms with Gasteiger partial charge in [0.15, 0.2) is 11.6 Å². The number of carbonyl (C=O) groups is 2. The largest absolute Gasteiger partial charge is 0.505 e. The number of halogens is 1. The van der Waals surface area contributed by atoms with Gasteiger partial charge in [0, 0.05) is 29.5 Å². The fourth-order valence-electron chi connectivity index (χ4n) is 2.29. The highest BCUT2D eigenvalue weighted by atomic mass is 19.1. The zero-order chi connectivity index (χ0) is 19.8. The zero-order valence-corrected chi connectivity index (χ0v) is 15.1. The van der Waals surface area contributed by atoms with Crippen LogP contribution in [0.25, 0.3) is 0 Å². The molecule has 3 aromatic carbocycles. The molecule has 0 atom stereocenters. The maximum atomic E-state index is 12.4. The predicted molar refractivity (Wildman–Crippen MR) is 105 cm³/mol. The average Bonchev–Trinajstić information content (AvgIpc) is 2.70. The van der Waals surface area contributed by atoms with E-state index in [1.54, 1.807) is 0 Å². The Kier molecular flexibility index (Phi) is 6.83. The lowest BCUT2D eigenvalue weighted by Crippen LogP contribution is -2.09. The third kappa shape index (κ3) is 5.51. The van der Waals surface area contributed by atoms with Gasteiger partial charge in [-0.1, -0.05) is 17.7 Å². The normalized spacial score (nSPS) is 9.74. The predicted octanol–water partition coefficient (Wildman–Crippen LogP) is 4.92. The summed E-state index contributed by atoms with van der Waals surface area (Å²) in [6.45, 7) is 2.07. The topological polar surface area (TPSA) is 57.6 Å². The number of aryl methyl sites for hydroxylation is 1. The minimum Gasteiger partial charge on any atom is -0.505 e. The van der Waals surface area contributed by atoms with Gasteiger partial charge in [0.05, 0.1) is 0 Å². The van der Waals surface area contributed by atoms with Crippen molar-refractivity contribution < 1.29 is 19.1 Å². The van der Waals surface area contributed by atoms with Crippen molar-refractivity contribution in [3.8, 4) is 5.75 Å². The van der Waals surface area contributed by atoms with E-state index in [-0.39, 0.29) is 5.56 Å². The molecular weight excluding hydrogens is 345 g/mol. The van der Waals surface area contributed by atoms with Crippen LogP contribution in [0.3, 0.4) is 0 Å². The molecule has 0 aliphatic rings. The van der Waals surface area contributed by atoms with Gasteiger partial charge in [-0.25, -0.2) is 4.39 Å². The molecule has 0 amide bonds. The van der Waals surface area contributed by atoms with E-state index in [0.717, 1.165) is 29.8 Å². The summed E-state index contributed by atoms with van der Waals surface area (Å²) in [5, 5.41) is 8.65. The number of hydrogen-bond donors (Lipinski definition) is 1. The number of carbonyl (C=O) groups excluding carboxylic acids is 2. The van der Waals surface area contributed by atoms with Gasteiger partial charge in [0.2, 0.25) is 0 Å². The van der Waals surface area contributed by atoms with Crippen LogP contribution in [0.15, 0.2) is 66.7 Å². The molecule has 27 heavy (non-hydrogen) atoms. The van der Waals surface area contributed by atoms with Gasteiger partial charge >= 0.3 is 0 Å². The van der Waals surface area contributed by atoms with Gasteiger partial charge in [-0.3, -0.25) is 9.59 Å². The molecule has 0 saturated heterocycles. The second-order valence-corrected chi connectivity index (χ2v) is 5.93. The Morgan fingerprint density at radius 1 is 0.815 bits per heavy atom. The molecule has 4 nitrogen and oxygen atoms in total. The Balaban J connectivity index is 0.000000223. The van der Waals surface area contributed by atoms with Crippen LogP contribution in [-0.2, 0) is 0 Å². The van der Waals surface area contributed by atoms with E-state index in [9.17, 15) is 14.0 Å². The van der Waals surface area contributed by atoms with Crippen LogP contribution in [-0.4, -0.2) is 24.7 Å². The monoisotopic (exact) mass is 365 g/mol. The molecule has 0 saturated carbocycles. The van der Waals surface area contributed by atoms with Crippen molar-refractivity contribution in [1.29, 1.82) is 0 Å². The first-order valence-electron chi connectivity index (χ1n) is 8.24. The van der Waals surface area contributed by atoms with E-state index in [1.165, 1.54) is 11.6 Å². The molecule has 3 rings (SSSR count). The highest BCUT2D eigenvalue weighted by Crippen LogP contribution is 2.23. The first-order chi connectivity index (χ1) is 12.9. The van der Waals surface area contributed by atoms with E-state index in [1.807, 2.05) is 31.3 Å². The van der Waals surface area contributed by atoms with Crippen LogP contribution in [0.5, 0.6) is 5.75 Å². The van der Waals surface area contributed by atoms with Gasteiger partial charge in [0.25, 0.3) is 0 Å². The summed E-state index contributed by atoms with van der Waals surface area (Å²) < 4.78 is 12.4. The molecule has 0 unspecified atom stereocenters. The number of anilines is 2. The number of phenolic OH excluding ortho intramolecular Hbond substituents is 1. The SMILES string of the molecule is Cc1ccc(N(C)c2ccc(C=O)cc2)cc1.O=Cc1ccc(O)c(F)c1. The molecule has 0 aromatic heterocycles. The van der Waals surface area contributed by atoms with Gasteiger partial charge in [0.1, 0.15) is 12.6 Å². The number of nitrogens with zero attached hydrogens (tertiary/aromatic N) is 1. The van der Waals surface area contributed by atoms with E-state index >= 15 is 0 Å². The molecule has 1 N–H and O–H groups in total. The van der Waals surface area contributed by atoms with Crippen LogP contribution in [0.1, 0.15) is 26.3 Å². The second kappa shape index (κ2) is 9.29. The van der Waals surface area contributed by atoms with Crippen LogP contribution >= 0.6 is 0 Å². The van der Waals surface area contributed by atoms with E-state index < -0.39 is 11.6 Å². The van der Waals surface area contributed by atoms with Crippen LogP contribution < -0.4 is 4.90 Å². The lowest BCUT2D eigenvalue weighted by Gasteiger charge is -2.19. The van der Waals surface area contributed by atoms with Gasteiger partial charge < -0.3 is 10.0 Å². The molecule has 138 valence electrons. The highest BCUT2D eigenvalue weighted by molar-refractivity contribution is 5.76. The molecule has 0 bridgehead atoms. The maximum absolute atomic E-state index is 12.4. The third-order valence-electron chi connectivity index (χ3n) is 3.95. The summed E-state index contributed by atoms with van der Waals surface area (Å²) in [6.07, 6.45) is 1.37. The third-order valence-corrected chi connectivity index (χ3v) is 3.95. The molecule has 0 spiro atoms. The van der Waals surface area contributed by atoms with Crippen LogP contribution in [0, 0.1) is 12.7 Å². The van der Waals surface area contributed by atoms with Crippen molar-refractivity contribution >= 4 is 23.9 Å². The maximum Gasteiger partial charge on any atom is 0.165 e. The number of rotatable bonds is 4. The van der Waals surface area contributed by atoms with Crippen molar-refractivity contribution in [3.63, 3.8) is 0 Å². The molecular formula is C22H20FNO3. The molecule has 3 aromatic rings. The standard InChI is InChI=1S/C15H15NO.C7H5FO2/c1-12-3-7-14(8-4-12)16(2)15-9-5-13(11-17)6-10-15;8-6-3-5(4-9)1-2-7(6)10/h3-11H,1-2H3;1-4,10H. The highest BCUT2D eigenvalue weighted by Gasteiger charge is 2.03. The Bertz CT molecular complexity index is 906. The Morgan fingerprint density at radius 3 is 1.78 bits per heavy atom. The fourth-order valence-corrected chi connectivity index (χ4v) is 2.29. The molecule has 0 aliphatic carbocycles. The number of phenols is 1. The van der Waals surface area contributed by atoms with Gasteiger partial charge in [-0.15, -0.1) is 0 Å².